The van der Waals surface area contributed by atoms with E-state index in [0.29, 0.717) is 25.1 Å². The van der Waals surface area contributed by atoms with Gasteiger partial charge in [-0.3, -0.25) is 0 Å². The van der Waals surface area contributed by atoms with E-state index in [1.54, 1.807) is 19.1 Å². The predicted molar refractivity (Wildman–Crippen MR) is 101 cm³/mol. The van der Waals surface area contributed by atoms with Gasteiger partial charge < -0.3 is 4.74 Å². The van der Waals surface area contributed by atoms with E-state index in [1.807, 2.05) is 41.1 Å². The maximum Gasteiger partial charge on any atom is 0.338 e. The van der Waals surface area contributed by atoms with E-state index in [0.717, 1.165) is 22.5 Å². The number of hydrogen-bond donors (Lipinski definition) is 0. The van der Waals surface area contributed by atoms with Crippen molar-refractivity contribution in [2.75, 3.05) is 6.61 Å². The summed E-state index contributed by atoms with van der Waals surface area (Å²) in [6.07, 6.45) is 2.51. The van der Waals surface area contributed by atoms with Gasteiger partial charge in [0.05, 0.1) is 24.4 Å². The summed E-state index contributed by atoms with van der Waals surface area (Å²) in [7, 11) is 0. The quantitative estimate of drug-likeness (QED) is 0.480. The lowest BCUT2D eigenvalue weighted by Gasteiger charge is -2.07. The fraction of sp³-hybridized carbons (Fsp3) is 0.190. The van der Waals surface area contributed by atoms with Gasteiger partial charge in [0.2, 0.25) is 0 Å². The lowest BCUT2D eigenvalue weighted by atomic mass is 10.1. The Morgan fingerprint density at radius 2 is 1.88 bits per heavy atom. The minimum absolute atomic E-state index is 0.321. The summed E-state index contributed by atoms with van der Waals surface area (Å²) in [5.74, 6) is -0.321. The van der Waals surface area contributed by atoms with Crippen LogP contribution < -0.4 is 0 Å². The van der Waals surface area contributed by atoms with Gasteiger partial charge in [0.1, 0.15) is 5.69 Å². The third kappa shape index (κ3) is 3.88. The van der Waals surface area contributed by atoms with Crippen LogP contribution in [0.1, 0.15) is 28.5 Å². The predicted octanol–water partition coefficient (Wildman–Crippen LogP) is 3.90. The molecule has 0 atom stereocenters. The Morgan fingerprint density at radius 1 is 1.15 bits per heavy atom. The molecule has 1 heterocycles. The van der Waals surface area contributed by atoms with E-state index >= 15 is 0 Å². The summed E-state index contributed by atoms with van der Waals surface area (Å²) in [5, 5.41) is 8.68. The fourth-order valence-corrected chi connectivity index (χ4v) is 2.76. The molecule has 26 heavy (non-hydrogen) atoms. The Morgan fingerprint density at radius 3 is 2.54 bits per heavy atom. The molecule has 0 N–H and O–H groups in total. The number of allylic oxidation sites excluding steroid dienone is 1. The summed E-state index contributed by atoms with van der Waals surface area (Å²) in [6.45, 7) is 6.65. The first-order valence-corrected chi connectivity index (χ1v) is 8.57. The lowest BCUT2D eigenvalue weighted by molar-refractivity contribution is 0.0526. The van der Waals surface area contributed by atoms with Gasteiger partial charge >= 0.3 is 5.97 Å². The van der Waals surface area contributed by atoms with E-state index in [1.165, 1.54) is 0 Å². The third-order valence-electron chi connectivity index (χ3n) is 4.02. The van der Waals surface area contributed by atoms with Crippen LogP contribution in [0.15, 0.2) is 67.3 Å². The number of ether oxygens (including phenoxy) is 1. The highest BCUT2D eigenvalue weighted by molar-refractivity contribution is 5.90. The smallest absolute Gasteiger partial charge is 0.338 e. The average Bonchev–Trinajstić information content (AvgIpc) is 3.06. The number of hydrogen-bond acceptors (Lipinski definition) is 4. The van der Waals surface area contributed by atoms with Crippen LogP contribution in [-0.4, -0.2) is 27.6 Å². The van der Waals surface area contributed by atoms with Gasteiger partial charge in [-0.2, -0.15) is 0 Å². The molecule has 0 saturated carbocycles. The number of carbonyl (C=O) groups is 1. The third-order valence-corrected chi connectivity index (χ3v) is 4.02. The number of carbonyl (C=O) groups excluding carboxylic acids is 1. The van der Waals surface area contributed by atoms with Gasteiger partial charge in [-0.15, -0.1) is 11.7 Å². The molecular weight excluding hydrogens is 326 g/mol. The molecule has 5 heteroatoms. The lowest BCUT2D eigenvalue weighted by Crippen LogP contribution is -2.06. The summed E-state index contributed by atoms with van der Waals surface area (Å²) in [6, 6.07) is 17.4. The first-order chi connectivity index (χ1) is 12.7. The van der Waals surface area contributed by atoms with Gasteiger partial charge in [0.15, 0.2) is 0 Å². The highest BCUT2D eigenvalue weighted by Gasteiger charge is 2.15. The molecule has 132 valence electrons. The van der Waals surface area contributed by atoms with E-state index in [2.05, 4.69) is 29.0 Å². The normalized spacial score (nSPS) is 10.5. The Balaban J connectivity index is 1.90. The molecule has 3 rings (SSSR count). The number of esters is 1. The molecule has 0 spiro atoms. The topological polar surface area (TPSA) is 57.0 Å². The van der Waals surface area contributed by atoms with Gasteiger partial charge in [0.25, 0.3) is 0 Å². The molecule has 0 bridgehead atoms. The van der Waals surface area contributed by atoms with E-state index in [9.17, 15) is 4.79 Å². The Bertz CT molecular complexity index is 883. The highest BCUT2D eigenvalue weighted by Crippen LogP contribution is 2.23. The minimum atomic E-state index is -0.321. The van der Waals surface area contributed by atoms with Crippen LogP contribution in [0.4, 0.5) is 0 Å². The van der Waals surface area contributed by atoms with Crippen LogP contribution in [0.3, 0.4) is 0 Å². The van der Waals surface area contributed by atoms with E-state index < -0.39 is 0 Å². The van der Waals surface area contributed by atoms with Crippen LogP contribution >= 0.6 is 0 Å². The maximum atomic E-state index is 11.8. The molecule has 0 amide bonds. The zero-order chi connectivity index (χ0) is 18.4. The molecule has 5 nitrogen and oxygen atoms in total. The first kappa shape index (κ1) is 17.6. The van der Waals surface area contributed by atoms with Crippen molar-refractivity contribution in [2.45, 2.75) is 19.9 Å². The maximum absolute atomic E-state index is 11.8. The van der Waals surface area contributed by atoms with Crippen molar-refractivity contribution in [1.29, 1.82) is 0 Å². The van der Waals surface area contributed by atoms with E-state index in [4.69, 9.17) is 4.74 Å². The molecule has 3 aromatic rings. The van der Waals surface area contributed by atoms with Crippen molar-refractivity contribution in [1.82, 2.24) is 15.0 Å². The summed E-state index contributed by atoms with van der Waals surface area (Å²) < 4.78 is 6.92. The Hall–Kier alpha value is -3.21. The van der Waals surface area contributed by atoms with Gasteiger partial charge in [0, 0.05) is 12.0 Å². The van der Waals surface area contributed by atoms with Crippen molar-refractivity contribution in [3.63, 3.8) is 0 Å². The minimum Gasteiger partial charge on any atom is -0.462 e. The zero-order valence-corrected chi connectivity index (χ0v) is 14.8. The van der Waals surface area contributed by atoms with Crippen molar-refractivity contribution < 1.29 is 9.53 Å². The molecule has 0 fully saturated rings. The molecule has 0 radical (unpaired) electrons. The largest absolute Gasteiger partial charge is 0.462 e. The summed E-state index contributed by atoms with van der Waals surface area (Å²) in [4.78, 5) is 11.8. The second-order valence-corrected chi connectivity index (χ2v) is 5.82. The number of rotatable bonds is 7. The summed E-state index contributed by atoms with van der Waals surface area (Å²) >= 11 is 0. The molecule has 1 aromatic heterocycles. The average molecular weight is 347 g/mol. The molecular formula is C21H21N3O2. The molecule has 2 aromatic carbocycles. The van der Waals surface area contributed by atoms with Gasteiger partial charge in [-0.25, -0.2) is 9.48 Å². The van der Waals surface area contributed by atoms with Gasteiger partial charge in [-0.05, 0) is 24.6 Å². The van der Waals surface area contributed by atoms with Crippen molar-refractivity contribution >= 4 is 5.97 Å². The van der Waals surface area contributed by atoms with Crippen molar-refractivity contribution in [2.24, 2.45) is 0 Å². The monoisotopic (exact) mass is 347 g/mol. The standard InChI is InChI=1S/C21H21N3O2/c1-3-8-19-20(17-11-13-18(14-12-17)21(25)26-4-2)22-23-24(19)15-16-9-6-5-7-10-16/h3,5-7,9-14H,1,4,8,15H2,2H3. The zero-order valence-electron chi connectivity index (χ0n) is 14.8. The van der Waals surface area contributed by atoms with Crippen LogP contribution in [0.2, 0.25) is 0 Å². The number of aromatic nitrogens is 3. The van der Waals surface area contributed by atoms with Crippen LogP contribution in [0, 0.1) is 0 Å². The van der Waals surface area contributed by atoms with Crippen LogP contribution in [0.5, 0.6) is 0 Å². The number of nitrogens with zero attached hydrogens (tertiary/aromatic N) is 3. The molecule has 0 unspecified atom stereocenters. The SMILES string of the molecule is C=CCc1c(-c2ccc(C(=O)OCC)cc2)nnn1Cc1ccccc1. The number of benzene rings is 2. The highest BCUT2D eigenvalue weighted by atomic mass is 16.5. The van der Waals surface area contributed by atoms with Crippen molar-refractivity contribution in [3.05, 3.63) is 84.1 Å². The second kappa shape index (κ2) is 8.25. The van der Waals surface area contributed by atoms with Crippen LogP contribution in [0.25, 0.3) is 11.3 Å². The molecule has 0 aliphatic heterocycles. The summed E-state index contributed by atoms with van der Waals surface area (Å²) in [5.41, 5.74) is 4.39. The van der Waals surface area contributed by atoms with E-state index in [-0.39, 0.29) is 5.97 Å². The molecule has 0 aliphatic rings. The van der Waals surface area contributed by atoms with Crippen LogP contribution in [-0.2, 0) is 17.7 Å². The molecule has 0 aliphatic carbocycles. The Kier molecular flexibility index (Phi) is 5.59. The fourth-order valence-electron chi connectivity index (χ4n) is 2.76. The molecule has 0 saturated heterocycles. The van der Waals surface area contributed by atoms with Gasteiger partial charge in [-0.1, -0.05) is 53.8 Å². The Labute approximate surface area is 152 Å². The second-order valence-electron chi connectivity index (χ2n) is 5.82. The first-order valence-electron chi connectivity index (χ1n) is 8.57. The van der Waals surface area contributed by atoms with Crippen molar-refractivity contribution in [3.8, 4) is 11.3 Å².